The second kappa shape index (κ2) is 7.24. The number of aromatic nitrogens is 3. The first-order valence-electron chi connectivity index (χ1n) is 9.72. The number of amides is 1. The maximum Gasteiger partial charge on any atom is 0.331 e. The molecule has 0 spiro atoms. The van der Waals surface area contributed by atoms with Crippen LogP contribution in [0.3, 0.4) is 0 Å². The lowest BCUT2D eigenvalue weighted by Gasteiger charge is -2.42. The third-order valence-electron chi connectivity index (χ3n) is 5.95. The van der Waals surface area contributed by atoms with Crippen LogP contribution >= 0.6 is 11.6 Å². The Bertz CT molecular complexity index is 999. The Hall–Kier alpha value is -2.65. The topological polar surface area (TPSA) is 127 Å². The summed E-state index contributed by atoms with van der Waals surface area (Å²) < 4.78 is 6.83. The Morgan fingerprint density at radius 1 is 1.37 bits per heavy atom. The monoisotopic (exact) mass is 434 g/mol. The molecule has 0 radical (unpaired) electrons. The highest BCUT2D eigenvalue weighted by molar-refractivity contribution is 6.32. The lowest BCUT2D eigenvalue weighted by atomic mass is 9.69. The van der Waals surface area contributed by atoms with Gasteiger partial charge in [0.25, 0.3) is 0 Å². The highest BCUT2D eigenvalue weighted by Crippen LogP contribution is 2.46. The Morgan fingerprint density at radius 2 is 2.10 bits per heavy atom. The molecule has 1 amide bonds. The standard InChI is InChI=1S/C20H23ClN4O5/c1-19(2,18(27)28)25-10-15(23-24-25)20(29)8-11(9-20)17(26)22-14-6-7-30-16-12(14)4-3-5-13(16)21/h3-5,10-11,14,29H,6-9H2,1-2H3,(H,22,26)(H,27,28). The maximum absolute atomic E-state index is 12.7. The number of aliphatic carboxylic acids is 1. The van der Waals surface area contributed by atoms with Crippen LogP contribution in [0.5, 0.6) is 5.75 Å². The molecule has 160 valence electrons. The van der Waals surface area contributed by atoms with Crippen LogP contribution in [0.4, 0.5) is 0 Å². The van der Waals surface area contributed by atoms with Gasteiger partial charge in [0.05, 0.1) is 23.9 Å². The Kier molecular flexibility index (Phi) is 4.98. The fourth-order valence-electron chi connectivity index (χ4n) is 3.82. The first-order chi connectivity index (χ1) is 14.1. The van der Waals surface area contributed by atoms with Crippen molar-refractivity contribution < 1.29 is 24.5 Å². The molecule has 1 aromatic heterocycles. The summed E-state index contributed by atoms with van der Waals surface area (Å²) in [5.41, 5.74) is -1.48. The minimum Gasteiger partial charge on any atom is -0.492 e. The van der Waals surface area contributed by atoms with Gasteiger partial charge in [0.1, 0.15) is 17.0 Å². The molecule has 1 atom stereocenters. The van der Waals surface area contributed by atoms with Crippen LogP contribution in [-0.4, -0.2) is 43.7 Å². The number of carbonyl (C=O) groups is 2. The molecule has 0 saturated heterocycles. The van der Waals surface area contributed by atoms with Crippen molar-refractivity contribution in [3.63, 3.8) is 0 Å². The van der Waals surface area contributed by atoms with Gasteiger partial charge in [0.15, 0.2) is 5.54 Å². The largest absolute Gasteiger partial charge is 0.492 e. The number of fused-ring (bicyclic) bond motifs is 1. The van der Waals surface area contributed by atoms with E-state index in [1.807, 2.05) is 12.1 Å². The summed E-state index contributed by atoms with van der Waals surface area (Å²) in [6.45, 7) is 3.44. The predicted molar refractivity (Wildman–Crippen MR) is 106 cm³/mol. The molecule has 30 heavy (non-hydrogen) atoms. The third-order valence-corrected chi connectivity index (χ3v) is 6.25. The number of hydrogen-bond acceptors (Lipinski definition) is 6. The minimum absolute atomic E-state index is 0.157. The van der Waals surface area contributed by atoms with Crippen LogP contribution in [0.25, 0.3) is 0 Å². The molecule has 1 saturated carbocycles. The molecular weight excluding hydrogens is 412 g/mol. The second-order valence-corrected chi connectivity index (χ2v) is 8.81. The van der Waals surface area contributed by atoms with E-state index in [0.29, 0.717) is 23.8 Å². The number of carboxylic acid groups (broad SMARTS) is 1. The van der Waals surface area contributed by atoms with Gasteiger partial charge in [-0.1, -0.05) is 28.9 Å². The number of aliphatic hydroxyl groups is 1. The van der Waals surface area contributed by atoms with Gasteiger partial charge in [-0.05, 0) is 32.8 Å². The van der Waals surface area contributed by atoms with Crippen LogP contribution in [0.1, 0.15) is 50.4 Å². The highest BCUT2D eigenvalue weighted by Gasteiger charge is 2.50. The van der Waals surface area contributed by atoms with Gasteiger partial charge in [-0.3, -0.25) is 4.79 Å². The number of nitrogens with one attached hydrogen (secondary N) is 1. The van der Waals surface area contributed by atoms with Crippen LogP contribution in [0, 0.1) is 5.92 Å². The molecular formula is C20H23ClN4O5. The van der Waals surface area contributed by atoms with E-state index in [0.717, 1.165) is 5.56 Å². The van der Waals surface area contributed by atoms with E-state index in [1.165, 1.54) is 24.7 Å². The minimum atomic E-state index is -1.30. The van der Waals surface area contributed by atoms with Crippen molar-refractivity contribution in [2.45, 2.75) is 50.3 Å². The SMILES string of the molecule is CC(C)(C(=O)O)n1cc(C2(O)CC(C(=O)NC3CCOc4c(Cl)cccc43)C2)nn1. The first-order valence-corrected chi connectivity index (χ1v) is 10.1. The van der Waals surface area contributed by atoms with Gasteiger partial charge in [0.2, 0.25) is 5.91 Å². The smallest absolute Gasteiger partial charge is 0.331 e. The van der Waals surface area contributed by atoms with Gasteiger partial charge < -0.3 is 20.3 Å². The lowest BCUT2D eigenvalue weighted by Crippen LogP contribution is -2.49. The third kappa shape index (κ3) is 3.41. The van der Waals surface area contributed by atoms with Gasteiger partial charge in [0, 0.05) is 17.9 Å². The number of nitrogens with zero attached hydrogens (tertiary/aromatic N) is 3. The zero-order valence-electron chi connectivity index (χ0n) is 16.6. The summed E-state index contributed by atoms with van der Waals surface area (Å²) in [5.74, 6) is -0.999. The summed E-state index contributed by atoms with van der Waals surface area (Å²) in [4.78, 5) is 24.1. The van der Waals surface area contributed by atoms with Crippen molar-refractivity contribution in [1.82, 2.24) is 20.3 Å². The van der Waals surface area contributed by atoms with Crippen molar-refractivity contribution in [1.29, 1.82) is 0 Å². The van der Waals surface area contributed by atoms with Gasteiger partial charge >= 0.3 is 5.97 Å². The summed E-state index contributed by atoms with van der Waals surface area (Å²) in [7, 11) is 0. The normalized spacial score (nSPS) is 25.6. The van der Waals surface area contributed by atoms with Crippen LogP contribution in [-0.2, 0) is 20.7 Å². The summed E-state index contributed by atoms with van der Waals surface area (Å²) >= 11 is 6.18. The summed E-state index contributed by atoms with van der Waals surface area (Å²) in [6.07, 6.45) is 2.45. The number of ether oxygens (including phenoxy) is 1. The predicted octanol–water partition coefficient (Wildman–Crippen LogP) is 1.99. The summed E-state index contributed by atoms with van der Waals surface area (Å²) in [5, 5.41) is 31.5. The molecule has 1 fully saturated rings. The number of halogens is 1. The maximum atomic E-state index is 12.7. The zero-order valence-corrected chi connectivity index (χ0v) is 17.4. The number of carbonyl (C=O) groups excluding carboxylic acids is 1. The highest BCUT2D eigenvalue weighted by atomic mass is 35.5. The van der Waals surface area contributed by atoms with Crippen molar-refractivity contribution in [2.24, 2.45) is 5.92 Å². The fraction of sp³-hybridized carbons (Fsp3) is 0.500. The van der Waals surface area contributed by atoms with Crippen LogP contribution < -0.4 is 10.1 Å². The zero-order chi connectivity index (χ0) is 21.7. The number of carboxylic acids is 1. The first kappa shape index (κ1) is 20.6. The molecule has 9 nitrogen and oxygen atoms in total. The van der Waals surface area contributed by atoms with Gasteiger partial charge in [-0.25, -0.2) is 9.48 Å². The Morgan fingerprint density at radius 3 is 2.80 bits per heavy atom. The van der Waals surface area contributed by atoms with E-state index in [9.17, 15) is 19.8 Å². The molecule has 1 aliphatic heterocycles. The van der Waals surface area contributed by atoms with E-state index in [2.05, 4.69) is 15.6 Å². The van der Waals surface area contributed by atoms with Gasteiger partial charge in [-0.15, -0.1) is 5.10 Å². The van der Waals surface area contributed by atoms with Crippen LogP contribution in [0.2, 0.25) is 5.02 Å². The fourth-order valence-corrected chi connectivity index (χ4v) is 4.06. The molecule has 2 aromatic rings. The second-order valence-electron chi connectivity index (χ2n) is 8.41. The Labute approximate surface area is 178 Å². The van der Waals surface area contributed by atoms with E-state index in [-0.39, 0.29) is 36.4 Å². The van der Waals surface area contributed by atoms with Crippen molar-refractivity contribution in [2.75, 3.05) is 6.61 Å². The molecule has 10 heteroatoms. The van der Waals surface area contributed by atoms with Gasteiger partial charge in [-0.2, -0.15) is 0 Å². The molecule has 4 rings (SSSR count). The van der Waals surface area contributed by atoms with Crippen LogP contribution in [0.15, 0.2) is 24.4 Å². The lowest BCUT2D eigenvalue weighted by molar-refractivity contribution is -0.146. The molecule has 0 bridgehead atoms. The molecule has 1 aromatic carbocycles. The average Bonchev–Trinajstić information content (AvgIpc) is 3.17. The van der Waals surface area contributed by atoms with Crippen molar-refractivity contribution in [3.05, 3.63) is 40.7 Å². The number of para-hydroxylation sites is 1. The molecule has 1 unspecified atom stereocenters. The molecule has 3 N–H and O–H groups in total. The van der Waals surface area contributed by atoms with E-state index >= 15 is 0 Å². The number of rotatable bonds is 5. The number of hydrogen-bond donors (Lipinski definition) is 3. The molecule has 2 heterocycles. The molecule has 1 aliphatic carbocycles. The molecule has 2 aliphatic rings. The number of benzene rings is 1. The van der Waals surface area contributed by atoms with Crippen molar-refractivity contribution in [3.8, 4) is 5.75 Å². The summed E-state index contributed by atoms with van der Waals surface area (Å²) in [6, 6.07) is 5.24. The van der Waals surface area contributed by atoms with E-state index < -0.39 is 17.1 Å². The quantitative estimate of drug-likeness (QED) is 0.656. The van der Waals surface area contributed by atoms with E-state index in [1.54, 1.807) is 6.07 Å². The Balaban J connectivity index is 1.41. The van der Waals surface area contributed by atoms with E-state index in [4.69, 9.17) is 16.3 Å². The van der Waals surface area contributed by atoms with Crippen molar-refractivity contribution >= 4 is 23.5 Å². The average molecular weight is 435 g/mol.